The number of ether oxygens (including phenoxy) is 2. The Bertz CT molecular complexity index is 1040. The van der Waals surface area contributed by atoms with Gasteiger partial charge in [0.25, 0.3) is 0 Å². The Kier molecular flexibility index (Phi) is 4.56. The lowest BCUT2D eigenvalue weighted by molar-refractivity contribution is 0.182. The molecule has 0 spiro atoms. The molecule has 0 unspecified atom stereocenters. The number of nitrogens with zero attached hydrogens (tertiary/aromatic N) is 1. The van der Waals surface area contributed by atoms with Crippen LogP contribution in [0.15, 0.2) is 54.7 Å². The Hall–Kier alpha value is -2.89. The summed E-state index contributed by atoms with van der Waals surface area (Å²) in [6.07, 6.45) is 1.75. The van der Waals surface area contributed by atoms with E-state index in [0.29, 0.717) is 18.9 Å². The fraction of sp³-hybridized carbons (Fsp3) is 0.190. The fourth-order valence-electron chi connectivity index (χ4n) is 3.30. The molecule has 4 aromatic rings. The Morgan fingerprint density at radius 3 is 2.58 bits per heavy atom. The number of H-pyrrole nitrogens is 1. The summed E-state index contributed by atoms with van der Waals surface area (Å²) in [7, 11) is 1.64. The third kappa shape index (κ3) is 2.92. The first-order valence-corrected chi connectivity index (χ1v) is 8.49. The van der Waals surface area contributed by atoms with Gasteiger partial charge in [0.1, 0.15) is 12.4 Å². The highest BCUT2D eigenvalue weighted by Gasteiger charge is 2.17. The van der Waals surface area contributed by atoms with Crippen molar-refractivity contribution in [1.82, 2.24) is 9.97 Å². The smallest absolute Gasteiger partial charge is 0.129 e. The normalized spacial score (nSPS) is 11.3. The van der Waals surface area contributed by atoms with E-state index in [1.54, 1.807) is 13.3 Å². The number of aromatic amines is 1. The largest absolute Gasteiger partial charge is 0.488 e. The third-order valence-corrected chi connectivity index (χ3v) is 4.49. The standard InChI is InChI=1S/C21H20N2O3/c1-25-13-15-18(11-24)22-10-17-20(15)21-16(23-17)8-5-9-19(21)26-12-14-6-3-2-4-7-14/h2-10,23-24H,11-13H2,1H3. The van der Waals surface area contributed by atoms with E-state index in [2.05, 4.69) is 9.97 Å². The maximum Gasteiger partial charge on any atom is 0.129 e. The second-order valence-electron chi connectivity index (χ2n) is 6.14. The van der Waals surface area contributed by atoms with Crippen LogP contribution < -0.4 is 4.74 Å². The summed E-state index contributed by atoms with van der Waals surface area (Å²) in [5.74, 6) is 0.796. The van der Waals surface area contributed by atoms with Crippen molar-refractivity contribution in [3.05, 3.63) is 71.5 Å². The van der Waals surface area contributed by atoms with Crippen LogP contribution in [-0.2, 0) is 24.6 Å². The average Bonchev–Trinajstić information content (AvgIpc) is 3.07. The van der Waals surface area contributed by atoms with Crippen molar-refractivity contribution < 1.29 is 14.6 Å². The van der Waals surface area contributed by atoms with Gasteiger partial charge in [0.05, 0.1) is 36.1 Å². The van der Waals surface area contributed by atoms with Crippen molar-refractivity contribution >= 4 is 21.8 Å². The van der Waals surface area contributed by atoms with Crippen molar-refractivity contribution in [2.24, 2.45) is 0 Å². The second-order valence-corrected chi connectivity index (χ2v) is 6.14. The molecule has 2 aromatic carbocycles. The molecule has 0 aliphatic heterocycles. The molecule has 0 saturated carbocycles. The van der Waals surface area contributed by atoms with Gasteiger partial charge in [-0.2, -0.15) is 0 Å². The molecule has 0 amide bonds. The van der Waals surface area contributed by atoms with Gasteiger partial charge in [-0.3, -0.25) is 4.98 Å². The summed E-state index contributed by atoms with van der Waals surface area (Å²) >= 11 is 0. The van der Waals surface area contributed by atoms with Gasteiger partial charge in [-0.15, -0.1) is 0 Å². The number of aliphatic hydroxyl groups excluding tert-OH is 1. The molecule has 0 bridgehead atoms. The van der Waals surface area contributed by atoms with Gasteiger partial charge in [0, 0.05) is 23.4 Å². The summed E-state index contributed by atoms with van der Waals surface area (Å²) in [6.45, 7) is 0.735. The van der Waals surface area contributed by atoms with Crippen LogP contribution in [0.25, 0.3) is 21.8 Å². The predicted molar refractivity (Wildman–Crippen MR) is 101 cm³/mol. The van der Waals surface area contributed by atoms with Crippen LogP contribution in [0.3, 0.4) is 0 Å². The Labute approximate surface area is 151 Å². The SMILES string of the molecule is COCc1c(CO)ncc2[nH]c3cccc(OCc4ccccc4)c3c12. The number of aromatic nitrogens is 2. The molecule has 0 fully saturated rings. The summed E-state index contributed by atoms with van der Waals surface area (Å²) < 4.78 is 11.5. The van der Waals surface area contributed by atoms with Crippen LogP contribution in [-0.4, -0.2) is 22.2 Å². The minimum absolute atomic E-state index is 0.131. The van der Waals surface area contributed by atoms with E-state index in [4.69, 9.17) is 9.47 Å². The zero-order chi connectivity index (χ0) is 17.9. The first-order chi connectivity index (χ1) is 12.8. The fourth-order valence-corrected chi connectivity index (χ4v) is 3.30. The highest BCUT2D eigenvalue weighted by Crippen LogP contribution is 2.36. The zero-order valence-electron chi connectivity index (χ0n) is 14.5. The minimum atomic E-state index is -0.131. The predicted octanol–water partition coefficient (Wildman–Crippen LogP) is 3.93. The Balaban J connectivity index is 1.86. The van der Waals surface area contributed by atoms with Crippen molar-refractivity contribution in [3.63, 3.8) is 0 Å². The molecule has 5 nitrogen and oxygen atoms in total. The molecule has 5 heteroatoms. The maximum absolute atomic E-state index is 9.68. The molecule has 0 radical (unpaired) electrons. The summed E-state index contributed by atoms with van der Waals surface area (Å²) in [5.41, 5.74) is 4.49. The van der Waals surface area contributed by atoms with E-state index in [1.807, 2.05) is 48.5 Å². The Morgan fingerprint density at radius 1 is 0.962 bits per heavy atom. The molecule has 2 heterocycles. The number of pyridine rings is 1. The van der Waals surface area contributed by atoms with E-state index < -0.39 is 0 Å². The number of aliphatic hydroxyl groups is 1. The first kappa shape index (κ1) is 16.6. The number of nitrogens with one attached hydrogen (secondary N) is 1. The molecule has 4 rings (SSSR count). The molecule has 2 aromatic heterocycles. The van der Waals surface area contributed by atoms with Crippen LogP contribution >= 0.6 is 0 Å². The van der Waals surface area contributed by atoms with Crippen LogP contribution in [0.4, 0.5) is 0 Å². The first-order valence-electron chi connectivity index (χ1n) is 8.49. The van der Waals surface area contributed by atoms with Crippen LogP contribution in [0.5, 0.6) is 5.75 Å². The van der Waals surface area contributed by atoms with Crippen molar-refractivity contribution in [2.45, 2.75) is 19.8 Å². The van der Waals surface area contributed by atoms with Gasteiger partial charge in [-0.05, 0) is 17.7 Å². The summed E-state index contributed by atoms with van der Waals surface area (Å²) in [5, 5.41) is 11.7. The summed E-state index contributed by atoms with van der Waals surface area (Å²) in [6, 6.07) is 16.0. The molecule has 0 aliphatic carbocycles. The van der Waals surface area contributed by atoms with Crippen LogP contribution in [0, 0.1) is 0 Å². The van der Waals surface area contributed by atoms with E-state index >= 15 is 0 Å². The molecule has 132 valence electrons. The second kappa shape index (κ2) is 7.15. The molecular weight excluding hydrogens is 328 g/mol. The van der Waals surface area contributed by atoms with Gasteiger partial charge >= 0.3 is 0 Å². The maximum atomic E-state index is 9.68. The number of methoxy groups -OCH3 is 1. The van der Waals surface area contributed by atoms with Crippen molar-refractivity contribution in [1.29, 1.82) is 0 Å². The third-order valence-electron chi connectivity index (χ3n) is 4.49. The van der Waals surface area contributed by atoms with E-state index in [0.717, 1.165) is 38.7 Å². The number of hydrogen-bond acceptors (Lipinski definition) is 4. The average molecular weight is 348 g/mol. The number of fused-ring (bicyclic) bond motifs is 3. The highest BCUT2D eigenvalue weighted by molar-refractivity contribution is 6.12. The van der Waals surface area contributed by atoms with Crippen molar-refractivity contribution in [2.75, 3.05) is 7.11 Å². The molecule has 0 atom stereocenters. The number of hydrogen-bond donors (Lipinski definition) is 2. The monoisotopic (exact) mass is 348 g/mol. The lowest BCUT2D eigenvalue weighted by Crippen LogP contribution is -2.00. The summed E-state index contributed by atoms with van der Waals surface area (Å²) in [4.78, 5) is 7.75. The quantitative estimate of drug-likeness (QED) is 0.554. The number of rotatable bonds is 6. The minimum Gasteiger partial charge on any atom is -0.488 e. The van der Waals surface area contributed by atoms with Crippen LogP contribution in [0.1, 0.15) is 16.8 Å². The van der Waals surface area contributed by atoms with Gasteiger partial charge in [0.15, 0.2) is 0 Å². The van der Waals surface area contributed by atoms with E-state index in [9.17, 15) is 5.11 Å². The highest BCUT2D eigenvalue weighted by atomic mass is 16.5. The van der Waals surface area contributed by atoms with E-state index in [1.165, 1.54) is 0 Å². The van der Waals surface area contributed by atoms with Gasteiger partial charge in [0.2, 0.25) is 0 Å². The lowest BCUT2D eigenvalue weighted by Gasteiger charge is -2.11. The van der Waals surface area contributed by atoms with E-state index in [-0.39, 0.29) is 6.61 Å². The van der Waals surface area contributed by atoms with Gasteiger partial charge in [-0.1, -0.05) is 36.4 Å². The molecule has 0 saturated heterocycles. The molecule has 2 N–H and O–H groups in total. The molecule has 0 aliphatic rings. The topological polar surface area (TPSA) is 67.4 Å². The molecular formula is C21H20N2O3. The molecule has 26 heavy (non-hydrogen) atoms. The van der Waals surface area contributed by atoms with Gasteiger partial charge < -0.3 is 19.6 Å². The van der Waals surface area contributed by atoms with Gasteiger partial charge in [-0.25, -0.2) is 0 Å². The van der Waals surface area contributed by atoms with Crippen LogP contribution in [0.2, 0.25) is 0 Å². The van der Waals surface area contributed by atoms with Crippen molar-refractivity contribution in [3.8, 4) is 5.75 Å². The Morgan fingerprint density at radius 2 is 1.81 bits per heavy atom. The zero-order valence-corrected chi connectivity index (χ0v) is 14.5. The number of benzene rings is 2. The lowest BCUT2D eigenvalue weighted by atomic mass is 10.1.